The summed E-state index contributed by atoms with van der Waals surface area (Å²) < 4.78 is 0.268. The lowest BCUT2D eigenvalue weighted by Crippen LogP contribution is -2.40. The fourth-order valence-corrected chi connectivity index (χ4v) is 4.37. The van der Waals surface area contributed by atoms with Crippen LogP contribution in [0.4, 0.5) is 0 Å². The fourth-order valence-electron chi connectivity index (χ4n) is 4.10. The molecule has 0 spiro atoms. The van der Waals surface area contributed by atoms with Crippen LogP contribution in [0.3, 0.4) is 0 Å². The van der Waals surface area contributed by atoms with E-state index < -0.39 is 0 Å². The predicted molar refractivity (Wildman–Crippen MR) is 100 cm³/mol. The highest BCUT2D eigenvalue weighted by atomic mass is 35.5. The van der Waals surface area contributed by atoms with Crippen LogP contribution in [0.1, 0.15) is 32.3 Å². The molecule has 0 unspecified atom stereocenters. The number of piperidine rings is 1. The molecule has 4 heteroatoms. The van der Waals surface area contributed by atoms with Crippen molar-refractivity contribution >= 4 is 29.1 Å². The van der Waals surface area contributed by atoms with E-state index in [0.29, 0.717) is 5.92 Å². The zero-order chi connectivity index (χ0) is 17.3. The number of likely N-dealkylation sites (tertiary alicyclic amines) is 1. The minimum absolute atomic E-state index is 0.0238. The molecule has 130 valence electrons. The number of amides is 1. The quantitative estimate of drug-likeness (QED) is 0.730. The zero-order valence-corrected chi connectivity index (χ0v) is 15.9. The summed E-state index contributed by atoms with van der Waals surface area (Å²) >= 11 is 11.6. The monoisotopic (exact) mass is 365 g/mol. The molecule has 2 nitrogen and oxygen atoms in total. The molecule has 1 saturated carbocycles. The van der Waals surface area contributed by atoms with Gasteiger partial charge in [0.15, 0.2) is 0 Å². The van der Waals surface area contributed by atoms with Gasteiger partial charge in [-0.2, -0.15) is 0 Å². The van der Waals surface area contributed by atoms with Crippen LogP contribution in [-0.2, 0) is 11.2 Å². The van der Waals surface area contributed by atoms with Crippen LogP contribution in [-0.4, -0.2) is 23.9 Å². The van der Waals surface area contributed by atoms with Crippen LogP contribution < -0.4 is 0 Å². The van der Waals surface area contributed by atoms with E-state index in [2.05, 4.69) is 44.2 Å². The van der Waals surface area contributed by atoms with Crippen LogP contribution in [0.25, 0.3) is 0 Å². The maximum Gasteiger partial charge on any atom is 0.226 e. The van der Waals surface area contributed by atoms with Crippen molar-refractivity contribution < 1.29 is 4.79 Å². The number of carbonyl (C=O) groups is 1. The van der Waals surface area contributed by atoms with Crippen molar-refractivity contribution in [3.8, 4) is 0 Å². The second-order valence-corrected chi connectivity index (χ2v) is 8.75. The van der Waals surface area contributed by atoms with E-state index in [-0.39, 0.29) is 27.6 Å². The van der Waals surface area contributed by atoms with Gasteiger partial charge in [-0.25, -0.2) is 0 Å². The molecule has 3 rings (SSSR count). The molecule has 0 bridgehead atoms. The number of halogens is 2. The van der Waals surface area contributed by atoms with Crippen molar-refractivity contribution in [2.24, 2.45) is 23.2 Å². The van der Waals surface area contributed by atoms with Crippen LogP contribution in [0, 0.1) is 23.2 Å². The number of allylic oxidation sites excluding steroid dienone is 1. The molecule has 1 aromatic rings. The highest BCUT2D eigenvalue weighted by Crippen LogP contribution is 2.60. The largest absolute Gasteiger partial charge is 0.342 e. The molecule has 1 aliphatic heterocycles. The Balaban J connectivity index is 1.53. The first kappa shape index (κ1) is 17.8. The third-order valence-corrected chi connectivity index (χ3v) is 6.03. The zero-order valence-electron chi connectivity index (χ0n) is 14.3. The Morgan fingerprint density at radius 1 is 1.21 bits per heavy atom. The van der Waals surface area contributed by atoms with Crippen LogP contribution in [0.15, 0.2) is 40.9 Å². The lowest BCUT2D eigenvalue weighted by Gasteiger charge is -2.32. The second-order valence-electron chi connectivity index (χ2n) is 7.74. The molecule has 24 heavy (non-hydrogen) atoms. The Hall–Kier alpha value is -0.990. The molecule has 0 radical (unpaired) electrons. The Morgan fingerprint density at radius 2 is 1.83 bits per heavy atom. The normalized spacial score (nSPS) is 26.1. The van der Waals surface area contributed by atoms with E-state index in [1.807, 2.05) is 11.0 Å². The Kier molecular flexibility index (Phi) is 5.27. The number of hydrogen-bond acceptors (Lipinski definition) is 1. The molecule has 2 atom stereocenters. The minimum atomic E-state index is -0.0347. The number of hydrogen-bond donors (Lipinski definition) is 0. The van der Waals surface area contributed by atoms with E-state index in [1.54, 1.807) is 0 Å². The number of rotatable bonds is 4. The topological polar surface area (TPSA) is 20.3 Å². The van der Waals surface area contributed by atoms with Crippen LogP contribution >= 0.6 is 23.2 Å². The molecule has 1 heterocycles. The van der Waals surface area contributed by atoms with Gasteiger partial charge in [-0.05, 0) is 48.2 Å². The van der Waals surface area contributed by atoms with Gasteiger partial charge in [0, 0.05) is 13.1 Å². The highest BCUT2D eigenvalue weighted by molar-refractivity contribution is 6.55. The molecular formula is C20H25Cl2NO. The summed E-state index contributed by atoms with van der Waals surface area (Å²) in [6.07, 6.45) is 5.12. The van der Waals surface area contributed by atoms with Gasteiger partial charge < -0.3 is 4.90 Å². The van der Waals surface area contributed by atoms with Gasteiger partial charge in [-0.3, -0.25) is 4.79 Å². The van der Waals surface area contributed by atoms with E-state index >= 15 is 0 Å². The lowest BCUT2D eigenvalue weighted by molar-refractivity contribution is -0.134. The number of benzene rings is 1. The molecule has 1 aliphatic carbocycles. The van der Waals surface area contributed by atoms with Crippen molar-refractivity contribution in [1.82, 2.24) is 4.90 Å². The first-order chi connectivity index (χ1) is 11.4. The molecule has 2 fully saturated rings. The molecule has 1 aromatic carbocycles. The van der Waals surface area contributed by atoms with Crippen LogP contribution in [0.5, 0.6) is 0 Å². The van der Waals surface area contributed by atoms with Crippen molar-refractivity contribution in [2.75, 3.05) is 13.1 Å². The summed E-state index contributed by atoms with van der Waals surface area (Å²) in [6, 6.07) is 10.6. The van der Waals surface area contributed by atoms with E-state index in [0.717, 1.165) is 32.4 Å². The summed E-state index contributed by atoms with van der Waals surface area (Å²) in [5, 5.41) is 0. The summed E-state index contributed by atoms with van der Waals surface area (Å²) in [4.78, 5) is 14.9. The first-order valence-electron chi connectivity index (χ1n) is 8.75. The SMILES string of the molecule is CC1(C)[C@@H](C=C(Cl)Cl)[C@@H]1C(=O)N1CCC(Cc2ccccc2)CC1. The number of carbonyl (C=O) groups excluding carboxylic acids is 1. The fraction of sp³-hybridized carbons (Fsp3) is 0.550. The summed E-state index contributed by atoms with van der Waals surface area (Å²) in [6.45, 7) is 5.98. The predicted octanol–water partition coefficient (Wildman–Crippen LogP) is 5.06. The first-order valence-corrected chi connectivity index (χ1v) is 9.50. The van der Waals surface area contributed by atoms with Crippen molar-refractivity contribution in [1.29, 1.82) is 0 Å². The van der Waals surface area contributed by atoms with Crippen molar-refractivity contribution in [2.45, 2.75) is 33.1 Å². The summed E-state index contributed by atoms with van der Waals surface area (Å²) in [7, 11) is 0. The van der Waals surface area contributed by atoms with Gasteiger partial charge in [0.25, 0.3) is 0 Å². The average Bonchev–Trinajstić information content (AvgIpc) is 3.08. The standard InChI is InChI=1S/C20H25Cl2NO/c1-20(2)16(13-17(21)22)18(20)19(24)23-10-8-15(9-11-23)12-14-6-4-3-5-7-14/h3-7,13,15-16,18H,8-12H2,1-2H3/t16-,18+/m0/s1. The van der Waals surface area contributed by atoms with Gasteiger partial charge in [0.05, 0.1) is 5.92 Å². The van der Waals surface area contributed by atoms with Gasteiger partial charge >= 0.3 is 0 Å². The molecule has 2 aliphatic rings. The van der Waals surface area contributed by atoms with E-state index in [4.69, 9.17) is 23.2 Å². The van der Waals surface area contributed by atoms with Crippen molar-refractivity contribution in [3.05, 3.63) is 46.5 Å². The Labute approximate surface area is 154 Å². The Bertz CT molecular complexity index is 614. The molecule has 1 amide bonds. The summed E-state index contributed by atoms with van der Waals surface area (Å²) in [5.41, 5.74) is 1.36. The molecular weight excluding hydrogens is 341 g/mol. The maximum absolute atomic E-state index is 12.8. The van der Waals surface area contributed by atoms with Crippen LogP contribution in [0.2, 0.25) is 0 Å². The van der Waals surface area contributed by atoms with Gasteiger partial charge in [0.2, 0.25) is 5.91 Å². The van der Waals surface area contributed by atoms with Gasteiger partial charge in [-0.15, -0.1) is 0 Å². The average molecular weight is 366 g/mol. The molecule has 1 saturated heterocycles. The minimum Gasteiger partial charge on any atom is -0.342 e. The smallest absolute Gasteiger partial charge is 0.226 e. The van der Waals surface area contributed by atoms with Crippen molar-refractivity contribution in [3.63, 3.8) is 0 Å². The van der Waals surface area contributed by atoms with E-state index in [9.17, 15) is 4.79 Å². The van der Waals surface area contributed by atoms with Gasteiger partial charge in [-0.1, -0.05) is 67.4 Å². The lowest BCUT2D eigenvalue weighted by atomic mass is 9.90. The summed E-state index contributed by atoms with van der Waals surface area (Å²) in [5.74, 6) is 1.14. The highest BCUT2D eigenvalue weighted by Gasteiger charge is 2.61. The van der Waals surface area contributed by atoms with Gasteiger partial charge in [0.1, 0.15) is 4.49 Å². The third kappa shape index (κ3) is 3.81. The molecule has 0 aromatic heterocycles. The maximum atomic E-state index is 12.8. The third-order valence-electron chi connectivity index (χ3n) is 5.78. The van der Waals surface area contributed by atoms with E-state index in [1.165, 1.54) is 5.56 Å². The Morgan fingerprint density at radius 3 is 2.42 bits per heavy atom. The molecule has 0 N–H and O–H groups in total. The number of nitrogens with zero attached hydrogens (tertiary/aromatic N) is 1. The second kappa shape index (κ2) is 7.09.